The first-order valence-electron chi connectivity index (χ1n) is 6.11. The molecule has 0 aliphatic rings. The van der Waals surface area contributed by atoms with E-state index in [-0.39, 0.29) is 0 Å². The van der Waals surface area contributed by atoms with Crippen molar-refractivity contribution in [2.75, 3.05) is 0 Å². The molecule has 20 heavy (non-hydrogen) atoms. The van der Waals surface area contributed by atoms with Gasteiger partial charge in [0.05, 0.1) is 5.02 Å². The molecule has 0 amide bonds. The number of esters is 1. The maximum atomic E-state index is 12.3. The van der Waals surface area contributed by atoms with E-state index in [2.05, 4.69) is 0 Å². The van der Waals surface area contributed by atoms with E-state index in [1.165, 1.54) is 11.3 Å². The summed E-state index contributed by atoms with van der Waals surface area (Å²) in [5.41, 5.74) is 0.915. The molecular formula is C16H11ClO2S. The van der Waals surface area contributed by atoms with Gasteiger partial charge in [-0.1, -0.05) is 48.0 Å². The monoisotopic (exact) mass is 302 g/mol. The van der Waals surface area contributed by atoms with E-state index in [1.807, 2.05) is 49.4 Å². The normalized spacial score (nSPS) is 10.7. The molecule has 3 rings (SSSR count). The van der Waals surface area contributed by atoms with E-state index in [1.54, 1.807) is 6.07 Å². The van der Waals surface area contributed by atoms with Crippen LogP contribution >= 0.6 is 22.9 Å². The third kappa shape index (κ3) is 2.30. The molecule has 2 aromatic carbocycles. The van der Waals surface area contributed by atoms with Gasteiger partial charge in [0.25, 0.3) is 0 Å². The summed E-state index contributed by atoms with van der Waals surface area (Å²) in [6.07, 6.45) is 0. The van der Waals surface area contributed by atoms with Gasteiger partial charge >= 0.3 is 5.97 Å². The Morgan fingerprint density at radius 2 is 1.80 bits per heavy atom. The van der Waals surface area contributed by atoms with Crippen LogP contribution in [-0.2, 0) is 0 Å². The molecule has 3 aromatic rings. The number of carbonyl (C=O) groups excluding carboxylic acids is 1. The van der Waals surface area contributed by atoms with Gasteiger partial charge in [0.15, 0.2) is 0 Å². The molecule has 1 aromatic heterocycles. The molecule has 0 bridgehead atoms. The molecule has 1 heterocycles. The standard InChI is InChI=1S/C16H11ClO2S/c1-10-6-2-4-8-12(10)19-16(18)15-14(17)11-7-3-5-9-13(11)20-15/h2-9H,1H3. The quantitative estimate of drug-likeness (QED) is 0.487. The Morgan fingerprint density at radius 3 is 2.55 bits per heavy atom. The van der Waals surface area contributed by atoms with Crippen LogP contribution in [0.3, 0.4) is 0 Å². The third-order valence-electron chi connectivity index (χ3n) is 3.02. The van der Waals surface area contributed by atoms with Gasteiger partial charge in [-0.25, -0.2) is 4.79 Å². The second-order valence-corrected chi connectivity index (χ2v) is 5.83. The Kier molecular flexibility index (Phi) is 3.47. The van der Waals surface area contributed by atoms with Crippen LogP contribution in [0.5, 0.6) is 5.75 Å². The average molecular weight is 303 g/mol. The zero-order valence-electron chi connectivity index (χ0n) is 10.7. The zero-order valence-corrected chi connectivity index (χ0v) is 12.3. The Morgan fingerprint density at radius 1 is 1.10 bits per heavy atom. The van der Waals surface area contributed by atoms with Crippen LogP contribution < -0.4 is 4.74 Å². The molecule has 4 heteroatoms. The van der Waals surface area contributed by atoms with Gasteiger partial charge in [-0.3, -0.25) is 0 Å². The fraction of sp³-hybridized carbons (Fsp3) is 0.0625. The SMILES string of the molecule is Cc1ccccc1OC(=O)c1sc2ccccc2c1Cl. The van der Waals surface area contributed by atoms with Crippen LogP contribution in [0.2, 0.25) is 5.02 Å². The molecule has 0 N–H and O–H groups in total. The molecule has 0 saturated carbocycles. The summed E-state index contributed by atoms with van der Waals surface area (Å²) >= 11 is 7.62. The van der Waals surface area contributed by atoms with Crippen LogP contribution in [0.4, 0.5) is 0 Å². The van der Waals surface area contributed by atoms with Gasteiger partial charge in [0, 0.05) is 10.1 Å². The summed E-state index contributed by atoms with van der Waals surface area (Å²) in [5, 5.41) is 1.35. The van der Waals surface area contributed by atoms with Crippen molar-refractivity contribution in [1.82, 2.24) is 0 Å². The lowest BCUT2D eigenvalue weighted by atomic mass is 10.2. The Bertz CT molecular complexity index is 792. The lowest BCUT2D eigenvalue weighted by Gasteiger charge is -2.05. The average Bonchev–Trinajstić information content (AvgIpc) is 2.79. The zero-order chi connectivity index (χ0) is 14.1. The number of para-hydroxylation sites is 1. The van der Waals surface area contributed by atoms with E-state index in [4.69, 9.17) is 16.3 Å². The summed E-state index contributed by atoms with van der Waals surface area (Å²) < 4.78 is 6.41. The Labute approximate surface area is 125 Å². The minimum Gasteiger partial charge on any atom is -0.422 e. The number of rotatable bonds is 2. The van der Waals surface area contributed by atoms with Crippen molar-refractivity contribution in [2.24, 2.45) is 0 Å². The number of halogens is 1. The maximum Gasteiger partial charge on any atom is 0.355 e. The first-order valence-corrected chi connectivity index (χ1v) is 7.31. The fourth-order valence-corrected chi connectivity index (χ4v) is 3.35. The van der Waals surface area contributed by atoms with Gasteiger partial charge in [0.1, 0.15) is 10.6 Å². The molecule has 0 aliphatic carbocycles. The number of hydrogen-bond donors (Lipinski definition) is 0. The lowest BCUT2D eigenvalue weighted by Crippen LogP contribution is -2.07. The van der Waals surface area contributed by atoms with Crippen molar-refractivity contribution in [1.29, 1.82) is 0 Å². The van der Waals surface area contributed by atoms with E-state index in [0.29, 0.717) is 15.6 Å². The van der Waals surface area contributed by atoms with E-state index in [9.17, 15) is 4.79 Å². The third-order valence-corrected chi connectivity index (χ3v) is 4.67. The van der Waals surface area contributed by atoms with Crippen molar-refractivity contribution in [2.45, 2.75) is 6.92 Å². The number of thiophene rings is 1. The number of carbonyl (C=O) groups is 1. The van der Waals surface area contributed by atoms with Crippen molar-refractivity contribution in [3.63, 3.8) is 0 Å². The van der Waals surface area contributed by atoms with Crippen LogP contribution in [0.15, 0.2) is 48.5 Å². The highest BCUT2D eigenvalue weighted by molar-refractivity contribution is 7.21. The summed E-state index contributed by atoms with van der Waals surface area (Å²) in [4.78, 5) is 12.7. The van der Waals surface area contributed by atoms with Gasteiger partial charge < -0.3 is 4.74 Å². The van der Waals surface area contributed by atoms with Gasteiger partial charge in [-0.2, -0.15) is 0 Å². The predicted molar refractivity (Wildman–Crippen MR) is 83.0 cm³/mol. The fourth-order valence-electron chi connectivity index (χ4n) is 1.96. The second-order valence-electron chi connectivity index (χ2n) is 4.40. The number of hydrogen-bond acceptors (Lipinski definition) is 3. The van der Waals surface area contributed by atoms with Gasteiger partial charge in [0.2, 0.25) is 0 Å². The molecular weight excluding hydrogens is 292 g/mol. The van der Waals surface area contributed by atoms with Crippen molar-refractivity contribution >= 4 is 39.0 Å². The molecule has 0 fully saturated rings. The summed E-state index contributed by atoms with van der Waals surface area (Å²) in [6.45, 7) is 1.90. The highest BCUT2D eigenvalue weighted by Crippen LogP contribution is 2.35. The number of ether oxygens (including phenoxy) is 1. The summed E-state index contributed by atoms with van der Waals surface area (Å²) in [7, 11) is 0. The van der Waals surface area contributed by atoms with Crippen molar-refractivity contribution < 1.29 is 9.53 Å². The number of fused-ring (bicyclic) bond motifs is 1. The molecule has 100 valence electrons. The maximum absolute atomic E-state index is 12.3. The first kappa shape index (κ1) is 13.2. The summed E-state index contributed by atoms with van der Waals surface area (Å²) in [6, 6.07) is 15.1. The van der Waals surface area contributed by atoms with E-state index in [0.717, 1.165) is 15.6 Å². The molecule has 0 spiro atoms. The molecule has 0 radical (unpaired) electrons. The molecule has 0 unspecified atom stereocenters. The summed E-state index contributed by atoms with van der Waals surface area (Å²) in [5.74, 6) is 0.150. The van der Waals surface area contributed by atoms with Gasteiger partial charge in [-0.15, -0.1) is 11.3 Å². The Balaban J connectivity index is 1.97. The molecule has 0 aliphatic heterocycles. The van der Waals surface area contributed by atoms with E-state index < -0.39 is 5.97 Å². The second kappa shape index (κ2) is 5.27. The van der Waals surface area contributed by atoms with Crippen molar-refractivity contribution in [3.8, 4) is 5.75 Å². The molecule has 0 atom stereocenters. The smallest absolute Gasteiger partial charge is 0.355 e. The predicted octanol–water partition coefficient (Wildman–Crippen LogP) is 5.08. The highest BCUT2D eigenvalue weighted by atomic mass is 35.5. The first-order chi connectivity index (χ1) is 9.66. The van der Waals surface area contributed by atoms with Crippen LogP contribution in [0, 0.1) is 6.92 Å². The highest BCUT2D eigenvalue weighted by Gasteiger charge is 2.19. The lowest BCUT2D eigenvalue weighted by molar-refractivity contribution is 0.0739. The molecule has 2 nitrogen and oxygen atoms in total. The topological polar surface area (TPSA) is 26.3 Å². The minimum absolute atomic E-state index is 0.412. The van der Waals surface area contributed by atoms with Crippen LogP contribution in [-0.4, -0.2) is 5.97 Å². The van der Waals surface area contributed by atoms with Crippen LogP contribution in [0.1, 0.15) is 15.2 Å². The molecule has 0 saturated heterocycles. The van der Waals surface area contributed by atoms with E-state index >= 15 is 0 Å². The minimum atomic E-state index is -0.412. The number of aryl methyl sites for hydroxylation is 1. The van der Waals surface area contributed by atoms with Gasteiger partial charge in [-0.05, 0) is 24.6 Å². The van der Waals surface area contributed by atoms with Crippen LogP contribution in [0.25, 0.3) is 10.1 Å². The largest absolute Gasteiger partial charge is 0.422 e. The Hall–Kier alpha value is -1.84. The number of benzene rings is 2. The van der Waals surface area contributed by atoms with Crippen molar-refractivity contribution in [3.05, 3.63) is 64.0 Å².